The number of primary amides is 1. The molecule has 2 saturated heterocycles. The van der Waals surface area contributed by atoms with Crippen LogP contribution in [0.3, 0.4) is 0 Å². The molecule has 5 aromatic carbocycles. The fraction of sp³-hybridized carbons (Fsp3) is 0.448. The first kappa shape index (κ1) is 72.5. The summed E-state index contributed by atoms with van der Waals surface area (Å²) in [6, 6.07) is 8.56. The zero-order valence-corrected chi connectivity index (χ0v) is 55.0. The molecule has 12 rings (SSSR count). The Hall–Kier alpha value is -8.27. The quantitative estimate of drug-likeness (QED) is 0.0853. The number of aromatic hydroxyl groups is 3. The number of halogens is 2. The average molecular weight is 1400 g/mol. The van der Waals surface area contributed by atoms with Crippen LogP contribution < -0.4 is 52.3 Å². The standard InChI is InChI=1S/C67H77Cl2N7O22/c1-26(2)12-39(72-5)64(91)75-53-42(81)17-32(20-49(70)83)62(89)74-52-31-18-46(94-44-10-7-29(55(53)84)15-37(44)68)59(98-66-60(58(87)57(86)48(25-77)96-66)97-50-23-67(4,71)61(88)27(3)93-50)47(19-31)95-45-11-8-30(16-38(45)69)56(85)54-65(92)73-24-33-13-34(78)21-41(80)51(33)36-14-28(6-9-40(36)79)35(22-43(52)82)63(90)76-54/h6-11,13-16,18-19,21,26-27,32,35,39,48,50,52-58,60-61,66,72,77-80,84-88H,12,17,20,22-25,71H2,1-5H3,(H2,70,83)(H,73,92)(H,74,89)(H,75,91)(H,76,90)/t27-,32+,35-,39-,48+,50-,52-,53+,54+,55-,56-,57-,58+,60+,61-,66?,67+/m1/s1. The van der Waals surface area contributed by atoms with E-state index in [2.05, 4.69) is 26.6 Å². The Labute approximate surface area is 570 Å². The second-order valence-corrected chi connectivity index (χ2v) is 26.6. The predicted octanol–water partition coefficient (Wildman–Crippen LogP) is 2.46. The van der Waals surface area contributed by atoms with Gasteiger partial charge in [0.2, 0.25) is 41.6 Å². The van der Waals surface area contributed by atoms with Crippen LogP contribution in [-0.4, -0.2) is 174 Å². The van der Waals surface area contributed by atoms with Crippen molar-refractivity contribution in [2.45, 2.75) is 163 Å². The molecule has 0 saturated carbocycles. The number of rotatable bonds is 12. The van der Waals surface area contributed by atoms with Crippen LogP contribution in [0.5, 0.6) is 46.0 Å². The van der Waals surface area contributed by atoms with Crippen molar-refractivity contribution >= 4 is 64.3 Å². The van der Waals surface area contributed by atoms with Gasteiger partial charge < -0.3 is 112 Å². The minimum absolute atomic E-state index is 0.0309. The number of fused-ring (bicyclic) bond motifs is 15. The molecule has 5 aromatic rings. The first-order chi connectivity index (χ1) is 46.3. The van der Waals surface area contributed by atoms with E-state index >= 15 is 14.4 Å². The van der Waals surface area contributed by atoms with Crippen LogP contribution in [0.2, 0.25) is 10.0 Å². The summed E-state index contributed by atoms with van der Waals surface area (Å²) in [5, 5.41) is 116. The van der Waals surface area contributed by atoms with Gasteiger partial charge in [-0.2, -0.15) is 0 Å². The van der Waals surface area contributed by atoms with E-state index in [9.17, 15) is 65.1 Å². The zero-order valence-electron chi connectivity index (χ0n) is 53.5. The Morgan fingerprint density at radius 2 is 1.40 bits per heavy atom. The number of phenols is 3. The SMILES string of the molecule is CN[C@H](CC(C)C)C(=O)N[C@H]1C(=O)C[C@@H](CC(N)=O)C(=O)N[C@H]2C(=O)C[C@H]3C(=O)N[C@H](C(=O)NCc4cc(O)cc(O)c4-c4cc3ccc4O)[C@H](O)c3ccc(c(Cl)c3)Oc3cc2cc(c3OC2O[C@@H](CO)[C@@H](O)[C@H](O)[C@@H]2O[C@@H]2C[C@](C)(N)[C@H](O)[C@@H](C)O2)Oc2ccc(cc2Cl)[C@H]1O. The topological polar surface area (TPSA) is 469 Å². The highest BCUT2D eigenvalue weighted by Gasteiger charge is 2.51. The summed E-state index contributed by atoms with van der Waals surface area (Å²) in [7, 11) is 1.51. The van der Waals surface area contributed by atoms with Gasteiger partial charge in [-0.15, -0.1) is 0 Å². The highest BCUT2D eigenvalue weighted by atomic mass is 35.5. The van der Waals surface area contributed by atoms with Crippen LogP contribution in [0.15, 0.2) is 78.9 Å². The molecule has 0 radical (unpaired) electrons. The lowest BCUT2D eigenvalue weighted by Crippen LogP contribution is -2.64. The van der Waals surface area contributed by atoms with Gasteiger partial charge in [0.25, 0.3) is 0 Å². The van der Waals surface area contributed by atoms with Gasteiger partial charge in [-0.1, -0.05) is 55.2 Å². The molecule has 29 nitrogen and oxygen atoms in total. The molecule has 98 heavy (non-hydrogen) atoms. The van der Waals surface area contributed by atoms with E-state index in [4.69, 9.17) is 63.1 Å². The van der Waals surface area contributed by atoms with E-state index in [-0.39, 0.29) is 79.2 Å². The fourth-order valence-corrected chi connectivity index (χ4v) is 13.2. The van der Waals surface area contributed by atoms with Gasteiger partial charge in [0.1, 0.15) is 77.4 Å². The Morgan fingerprint density at radius 3 is 2.00 bits per heavy atom. The van der Waals surface area contributed by atoms with E-state index < -0.39 is 211 Å². The molecule has 0 aromatic heterocycles. The first-order valence-corrected chi connectivity index (χ1v) is 32.2. The van der Waals surface area contributed by atoms with Gasteiger partial charge in [-0.25, -0.2) is 0 Å². The summed E-state index contributed by atoms with van der Waals surface area (Å²) >= 11 is 14.2. The van der Waals surface area contributed by atoms with Gasteiger partial charge in [-0.3, -0.25) is 33.6 Å². The van der Waals surface area contributed by atoms with Crippen LogP contribution in [0.4, 0.5) is 0 Å². The number of amides is 5. The summed E-state index contributed by atoms with van der Waals surface area (Å²) in [6.45, 7) is 5.32. The molecular formula is C67H77Cl2N7O22. The van der Waals surface area contributed by atoms with Gasteiger partial charge in [0, 0.05) is 55.0 Å². The number of nitrogens with two attached hydrogens (primary N) is 2. The van der Waals surface area contributed by atoms with Crippen LogP contribution in [-0.2, 0) is 54.3 Å². The maximum Gasteiger partial charge on any atom is 0.245 e. The lowest BCUT2D eigenvalue weighted by Gasteiger charge is -2.47. The largest absolute Gasteiger partial charge is 0.508 e. The maximum atomic E-state index is 16.1. The Morgan fingerprint density at radius 1 is 0.755 bits per heavy atom. The number of ketones is 2. The number of carbonyl (C=O) groups excluding carboxylic acids is 7. The maximum absolute atomic E-state index is 16.1. The molecule has 11 bridgehead atoms. The Balaban J connectivity index is 1.23. The van der Waals surface area contributed by atoms with Crippen LogP contribution in [0.1, 0.15) is 112 Å². The van der Waals surface area contributed by atoms with Crippen molar-refractivity contribution in [3.63, 3.8) is 0 Å². The molecule has 2 fully saturated rings. The third-order valence-corrected chi connectivity index (χ3v) is 18.6. The van der Waals surface area contributed by atoms with Crippen LogP contribution in [0, 0.1) is 11.8 Å². The van der Waals surface area contributed by atoms with Crippen molar-refractivity contribution in [2.75, 3.05) is 13.7 Å². The zero-order chi connectivity index (χ0) is 71.1. The number of phenolic OH excluding ortho intramolecular Hbond substituents is 3. The van der Waals surface area contributed by atoms with E-state index in [1.807, 2.05) is 13.8 Å². The highest BCUT2D eigenvalue weighted by molar-refractivity contribution is 6.32. The molecule has 526 valence electrons. The molecular weight excluding hydrogens is 1330 g/mol. The number of ether oxygens (including phenoxy) is 6. The lowest BCUT2D eigenvalue weighted by molar-refractivity contribution is -0.333. The molecule has 17 atom stereocenters. The van der Waals surface area contributed by atoms with Crippen molar-refractivity contribution in [1.29, 1.82) is 0 Å². The van der Waals surface area contributed by atoms with E-state index in [1.165, 1.54) is 75.5 Å². The number of hydrogen-bond donors (Lipinski definition) is 16. The van der Waals surface area contributed by atoms with Gasteiger partial charge >= 0.3 is 0 Å². The van der Waals surface area contributed by atoms with Crippen LogP contribution >= 0.6 is 23.2 Å². The molecule has 7 aliphatic heterocycles. The third kappa shape index (κ3) is 15.4. The molecule has 1 unspecified atom stereocenters. The van der Waals surface area contributed by atoms with Crippen molar-refractivity contribution < 1.29 is 108 Å². The number of Topliss-reactive ketones (excluding diaryl/α,β-unsaturated/α-hetero) is 2. The molecule has 0 spiro atoms. The monoisotopic (exact) mass is 1400 g/mol. The second kappa shape index (κ2) is 29.7. The highest BCUT2D eigenvalue weighted by Crippen LogP contribution is 2.50. The summed E-state index contributed by atoms with van der Waals surface area (Å²) < 4.78 is 38.5. The Bertz CT molecular complexity index is 3920. The number of carbonyl (C=O) groups is 7. The second-order valence-electron chi connectivity index (χ2n) is 25.8. The van der Waals surface area contributed by atoms with E-state index in [0.717, 1.165) is 24.3 Å². The fourth-order valence-electron chi connectivity index (χ4n) is 12.8. The van der Waals surface area contributed by atoms with E-state index in [0.29, 0.717) is 0 Å². The number of aliphatic hydroxyl groups excluding tert-OH is 6. The summed E-state index contributed by atoms with van der Waals surface area (Å²) in [5.74, 6) is -14.8. The third-order valence-electron chi connectivity index (χ3n) is 18.0. The van der Waals surface area contributed by atoms with Crippen molar-refractivity contribution in [3.05, 3.63) is 117 Å². The normalized spacial score (nSPS) is 29.4. The van der Waals surface area contributed by atoms with Crippen LogP contribution in [0.25, 0.3) is 11.1 Å². The lowest BCUT2D eigenvalue weighted by atomic mass is 9.85. The number of aliphatic hydroxyl groups is 6. The summed E-state index contributed by atoms with van der Waals surface area (Å²) in [4.78, 5) is 104. The number of likely N-dealkylation sites (N-methyl/N-ethyl adjacent to an activating group) is 1. The van der Waals surface area contributed by atoms with Gasteiger partial charge in [0.05, 0.1) is 46.7 Å². The molecule has 31 heteroatoms. The first-order valence-electron chi connectivity index (χ1n) is 31.5. The minimum atomic E-state index is -2.12. The predicted molar refractivity (Wildman–Crippen MR) is 345 cm³/mol. The van der Waals surface area contributed by atoms with Gasteiger partial charge in [-0.05, 0) is 116 Å². The van der Waals surface area contributed by atoms with Crippen molar-refractivity contribution in [1.82, 2.24) is 26.6 Å². The van der Waals surface area contributed by atoms with Crippen molar-refractivity contribution in [3.8, 4) is 57.1 Å². The summed E-state index contributed by atoms with van der Waals surface area (Å²) in [5.41, 5.74) is 10.1. The van der Waals surface area contributed by atoms with E-state index in [1.54, 1.807) is 0 Å². The molecule has 5 amide bonds. The molecule has 7 heterocycles. The summed E-state index contributed by atoms with van der Waals surface area (Å²) in [6.07, 6.45) is -19.5. The molecule has 7 aliphatic rings. The minimum Gasteiger partial charge on any atom is -0.508 e. The molecule has 18 N–H and O–H groups in total. The smallest absolute Gasteiger partial charge is 0.245 e. The number of hydrogen-bond acceptors (Lipinski definition) is 24. The number of benzene rings is 5. The molecule has 0 aliphatic carbocycles. The van der Waals surface area contributed by atoms with Gasteiger partial charge in [0.15, 0.2) is 35.5 Å². The Kier molecular flexibility index (Phi) is 21.9. The average Bonchev–Trinajstić information content (AvgIpc) is 0.777. The number of nitrogens with one attached hydrogen (secondary N) is 5. The van der Waals surface area contributed by atoms with Crippen molar-refractivity contribution in [2.24, 2.45) is 23.3 Å².